The maximum absolute atomic E-state index is 12.0. The molecule has 1 N–H and O–H groups in total. The summed E-state index contributed by atoms with van der Waals surface area (Å²) < 4.78 is 0. The number of nitrogens with zero attached hydrogens (tertiary/aromatic N) is 1. The highest BCUT2D eigenvalue weighted by Gasteiger charge is 2.43. The molecular weight excluding hydrogens is 236 g/mol. The molecular formula is C16H20N2O. The monoisotopic (exact) mass is 256 g/mol. The molecule has 2 aliphatic carbocycles. The lowest BCUT2D eigenvalue weighted by Crippen LogP contribution is -2.22. The van der Waals surface area contributed by atoms with E-state index in [-0.39, 0.29) is 11.8 Å². The second-order valence-electron chi connectivity index (χ2n) is 5.57. The molecule has 0 aliphatic heterocycles. The summed E-state index contributed by atoms with van der Waals surface area (Å²) in [5.74, 6) is 0.607. The molecule has 100 valence electrons. The molecule has 0 radical (unpaired) electrons. The zero-order chi connectivity index (χ0) is 13.1. The second-order valence-corrected chi connectivity index (χ2v) is 5.57. The smallest absolute Gasteiger partial charge is 0.243 e. The fourth-order valence-electron chi connectivity index (χ4n) is 2.84. The number of benzene rings is 1. The van der Waals surface area contributed by atoms with Crippen LogP contribution < -0.4 is 5.43 Å². The zero-order valence-corrected chi connectivity index (χ0v) is 11.1. The standard InChI is InChI=1S/C16H20N2O/c19-16(18-17-13-9-5-2-6-10-13)15-11-14(15)12-7-3-1-4-8-12/h1,3-4,7-8,14-15H,2,5-6,9-11H2,(H,18,19). The summed E-state index contributed by atoms with van der Waals surface area (Å²) in [5.41, 5.74) is 5.20. The van der Waals surface area contributed by atoms with Gasteiger partial charge in [0.25, 0.3) is 0 Å². The second kappa shape index (κ2) is 5.55. The van der Waals surface area contributed by atoms with E-state index in [4.69, 9.17) is 0 Å². The Morgan fingerprint density at radius 1 is 1.11 bits per heavy atom. The molecule has 1 amide bonds. The van der Waals surface area contributed by atoms with Gasteiger partial charge in [0.2, 0.25) is 5.91 Å². The Morgan fingerprint density at radius 3 is 2.58 bits per heavy atom. The van der Waals surface area contributed by atoms with Crippen LogP contribution in [-0.2, 0) is 4.79 Å². The molecule has 0 bridgehead atoms. The lowest BCUT2D eigenvalue weighted by atomic mass is 9.99. The minimum Gasteiger partial charge on any atom is -0.273 e. The van der Waals surface area contributed by atoms with E-state index in [9.17, 15) is 4.79 Å². The predicted molar refractivity (Wildman–Crippen MR) is 76.0 cm³/mol. The van der Waals surface area contributed by atoms with Crippen LogP contribution in [0.2, 0.25) is 0 Å². The molecule has 0 spiro atoms. The van der Waals surface area contributed by atoms with Gasteiger partial charge in [-0.05, 0) is 43.6 Å². The van der Waals surface area contributed by atoms with Crippen molar-refractivity contribution in [2.45, 2.75) is 44.4 Å². The predicted octanol–water partition coefficient (Wildman–Crippen LogP) is 3.23. The van der Waals surface area contributed by atoms with Crippen molar-refractivity contribution in [1.29, 1.82) is 0 Å². The Morgan fingerprint density at radius 2 is 1.84 bits per heavy atom. The highest BCUT2D eigenvalue weighted by Crippen LogP contribution is 2.47. The van der Waals surface area contributed by atoms with Crippen LogP contribution in [0.1, 0.15) is 50.0 Å². The molecule has 2 fully saturated rings. The van der Waals surface area contributed by atoms with Gasteiger partial charge in [-0.1, -0.05) is 36.8 Å². The van der Waals surface area contributed by atoms with Crippen LogP contribution in [0, 0.1) is 5.92 Å². The molecule has 1 aromatic rings. The maximum Gasteiger partial charge on any atom is 0.243 e. The number of rotatable bonds is 3. The van der Waals surface area contributed by atoms with E-state index in [2.05, 4.69) is 22.7 Å². The number of carbonyl (C=O) groups excluding carboxylic acids is 1. The quantitative estimate of drug-likeness (QED) is 0.829. The van der Waals surface area contributed by atoms with Crippen molar-refractivity contribution in [1.82, 2.24) is 5.43 Å². The molecule has 0 heterocycles. The van der Waals surface area contributed by atoms with Gasteiger partial charge < -0.3 is 0 Å². The Balaban J connectivity index is 1.52. The van der Waals surface area contributed by atoms with Crippen molar-refractivity contribution < 1.29 is 4.79 Å². The van der Waals surface area contributed by atoms with Gasteiger partial charge in [-0.25, -0.2) is 5.43 Å². The zero-order valence-electron chi connectivity index (χ0n) is 11.1. The number of hydrogen-bond acceptors (Lipinski definition) is 2. The molecule has 2 aliphatic rings. The van der Waals surface area contributed by atoms with Gasteiger partial charge >= 0.3 is 0 Å². The average molecular weight is 256 g/mol. The van der Waals surface area contributed by atoms with Crippen molar-refractivity contribution in [3.05, 3.63) is 35.9 Å². The molecule has 0 aromatic heterocycles. The highest BCUT2D eigenvalue weighted by atomic mass is 16.2. The number of hydrazone groups is 1. The van der Waals surface area contributed by atoms with E-state index in [1.54, 1.807) is 0 Å². The first-order valence-electron chi connectivity index (χ1n) is 7.25. The Bertz CT molecular complexity index is 473. The van der Waals surface area contributed by atoms with E-state index in [0.29, 0.717) is 5.92 Å². The fourth-order valence-corrected chi connectivity index (χ4v) is 2.84. The van der Waals surface area contributed by atoms with Crippen LogP contribution in [0.4, 0.5) is 0 Å². The molecule has 3 rings (SSSR count). The lowest BCUT2D eigenvalue weighted by molar-refractivity contribution is -0.122. The summed E-state index contributed by atoms with van der Waals surface area (Å²) >= 11 is 0. The minimum absolute atomic E-state index is 0.0897. The third-order valence-electron chi connectivity index (χ3n) is 4.11. The molecule has 3 nitrogen and oxygen atoms in total. The number of carbonyl (C=O) groups is 1. The minimum atomic E-state index is 0.0897. The number of hydrogen-bond donors (Lipinski definition) is 1. The molecule has 2 atom stereocenters. The summed E-state index contributed by atoms with van der Waals surface area (Å²) in [7, 11) is 0. The summed E-state index contributed by atoms with van der Waals surface area (Å²) in [4.78, 5) is 12.0. The Kier molecular flexibility index (Phi) is 3.62. The number of nitrogens with one attached hydrogen (secondary N) is 1. The van der Waals surface area contributed by atoms with E-state index < -0.39 is 0 Å². The van der Waals surface area contributed by atoms with Gasteiger partial charge in [0.05, 0.1) is 0 Å². The van der Waals surface area contributed by atoms with Crippen molar-refractivity contribution in [3.8, 4) is 0 Å². The Hall–Kier alpha value is -1.64. The SMILES string of the molecule is O=C(NN=C1CCCCC1)C1CC1c1ccccc1. The summed E-state index contributed by atoms with van der Waals surface area (Å²) in [6.45, 7) is 0. The van der Waals surface area contributed by atoms with Crippen LogP contribution in [0.5, 0.6) is 0 Å². The first-order chi connectivity index (χ1) is 9.34. The molecule has 3 heteroatoms. The van der Waals surface area contributed by atoms with Crippen LogP contribution in [0.15, 0.2) is 35.4 Å². The van der Waals surface area contributed by atoms with E-state index in [1.165, 1.54) is 24.8 Å². The van der Waals surface area contributed by atoms with E-state index in [1.807, 2.05) is 18.2 Å². The summed E-state index contributed by atoms with van der Waals surface area (Å²) in [6.07, 6.45) is 6.78. The van der Waals surface area contributed by atoms with Crippen molar-refractivity contribution in [2.75, 3.05) is 0 Å². The van der Waals surface area contributed by atoms with E-state index >= 15 is 0 Å². The summed E-state index contributed by atoms with van der Waals surface area (Å²) in [5, 5.41) is 4.29. The van der Waals surface area contributed by atoms with Crippen molar-refractivity contribution >= 4 is 11.6 Å². The van der Waals surface area contributed by atoms with Crippen LogP contribution in [0.3, 0.4) is 0 Å². The average Bonchev–Trinajstić information content (AvgIpc) is 3.27. The lowest BCUT2D eigenvalue weighted by Gasteiger charge is -2.11. The van der Waals surface area contributed by atoms with Gasteiger partial charge in [-0.15, -0.1) is 0 Å². The first-order valence-corrected chi connectivity index (χ1v) is 7.25. The Labute approximate surface area is 114 Å². The van der Waals surface area contributed by atoms with E-state index in [0.717, 1.165) is 25.0 Å². The normalized spacial score (nSPS) is 25.8. The van der Waals surface area contributed by atoms with Crippen LogP contribution in [0.25, 0.3) is 0 Å². The first kappa shape index (κ1) is 12.4. The molecule has 0 saturated heterocycles. The maximum atomic E-state index is 12.0. The number of amides is 1. The van der Waals surface area contributed by atoms with Crippen molar-refractivity contribution in [3.63, 3.8) is 0 Å². The largest absolute Gasteiger partial charge is 0.273 e. The topological polar surface area (TPSA) is 41.5 Å². The van der Waals surface area contributed by atoms with Gasteiger partial charge in [0, 0.05) is 11.6 Å². The molecule has 2 saturated carbocycles. The van der Waals surface area contributed by atoms with Gasteiger partial charge in [-0.3, -0.25) is 4.79 Å². The third kappa shape index (κ3) is 3.03. The van der Waals surface area contributed by atoms with Crippen LogP contribution >= 0.6 is 0 Å². The van der Waals surface area contributed by atoms with Crippen molar-refractivity contribution in [2.24, 2.45) is 11.0 Å². The highest BCUT2D eigenvalue weighted by molar-refractivity contribution is 5.88. The third-order valence-corrected chi connectivity index (χ3v) is 4.11. The van der Waals surface area contributed by atoms with Gasteiger partial charge in [0.1, 0.15) is 0 Å². The molecule has 19 heavy (non-hydrogen) atoms. The summed E-state index contributed by atoms with van der Waals surface area (Å²) in [6, 6.07) is 10.3. The molecule has 2 unspecified atom stereocenters. The van der Waals surface area contributed by atoms with Gasteiger partial charge in [0.15, 0.2) is 0 Å². The van der Waals surface area contributed by atoms with Gasteiger partial charge in [-0.2, -0.15) is 5.10 Å². The molecule has 1 aromatic carbocycles. The fraction of sp³-hybridized carbons (Fsp3) is 0.500. The van der Waals surface area contributed by atoms with Crippen LogP contribution in [-0.4, -0.2) is 11.6 Å².